The topological polar surface area (TPSA) is 44.8 Å². The van der Waals surface area contributed by atoms with Crippen LogP contribution in [0.15, 0.2) is 97.8 Å². The maximum atomic E-state index is 12.8. The van der Waals surface area contributed by atoms with Crippen molar-refractivity contribution in [2.24, 2.45) is 0 Å². The van der Waals surface area contributed by atoms with Crippen LogP contribution in [0.25, 0.3) is 22.4 Å². The van der Waals surface area contributed by atoms with Gasteiger partial charge < -0.3 is 4.57 Å². The Morgan fingerprint density at radius 1 is 0.786 bits per heavy atom. The Labute approximate surface area is 167 Å². The zero-order valence-electron chi connectivity index (χ0n) is 14.8. The lowest BCUT2D eigenvalue weighted by Gasteiger charge is -2.06. The monoisotopic (exact) mass is 388 g/mol. The molecule has 5 aromatic rings. The first-order chi connectivity index (χ1) is 13.3. The Bertz CT molecular complexity index is 1230. The minimum atomic E-state index is -0.0598. The third-order valence-electron chi connectivity index (χ3n) is 4.66. The molecule has 3 aromatic heterocycles. The number of para-hydroxylation sites is 2. The quantitative estimate of drug-likeness (QED) is 0.448. The van der Waals surface area contributed by atoms with Gasteiger partial charge in [-0.1, -0.05) is 12.1 Å². The van der Waals surface area contributed by atoms with Crippen LogP contribution in [0, 0.1) is 0 Å². The fraction of sp³-hybridized carbons (Fsp3) is 0. The first kappa shape index (κ1) is 17.8. The summed E-state index contributed by atoms with van der Waals surface area (Å²) in [4.78, 5) is 17.2. The molecule has 0 saturated carbocycles. The van der Waals surface area contributed by atoms with Crippen molar-refractivity contribution < 1.29 is 4.79 Å². The lowest BCUT2D eigenvalue weighted by atomic mass is 10.2. The summed E-state index contributed by atoms with van der Waals surface area (Å²) in [5.74, 6) is -0.0598. The summed E-state index contributed by atoms with van der Waals surface area (Å²) < 4.78 is 5.59. The third-order valence-corrected chi connectivity index (χ3v) is 4.66. The van der Waals surface area contributed by atoms with E-state index in [1.54, 1.807) is 17.1 Å². The molecule has 2 aromatic carbocycles. The van der Waals surface area contributed by atoms with Crippen molar-refractivity contribution in [3.05, 3.63) is 103 Å². The number of imidazole rings is 1. The van der Waals surface area contributed by atoms with Crippen LogP contribution < -0.4 is 0 Å². The second-order valence-corrected chi connectivity index (χ2v) is 6.32. The van der Waals surface area contributed by atoms with Crippen LogP contribution in [0.2, 0.25) is 0 Å². The van der Waals surface area contributed by atoms with Crippen LogP contribution in [0.1, 0.15) is 10.4 Å². The van der Waals surface area contributed by atoms with Crippen molar-refractivity contribution >= 4 is 29.3 Å². The Morgan fingerprint density at radius 3 is 2.32 bits per heavy atom. The van der Waals surface area contributed by atoms with E-state index in [1.807, 2.05) is 94.5 Å². The number of hydrogen-bond donors (Lipinski definition) is 0. The Kier molecular flexibility index (Phi) is 4.59. The summed E-state index contributed by atoms with van der Waals surface area (Å²) in [6, 6.07) is 21.4. The van der Waals surface area contributed by atoms with Gasteiger partial charge in [-0.05, 0) is 54.6 Å². The number of carbonyl (C=O) groups is 1. The highest BCUT2D eigenvalue weighted by molar-refractivity contribution is 5.96. The summed E-state index contributed by atoms with van der Waals surface area (Å²) in [5.41, 5.74) is 4.55. The zero-order valence-corrected chi connectivity index (χ0v) is 15.7. The van der Waals surface area contributed by atoms with E-state index in [-0.39, 0.29) is 18.3 Å². The van der Waals surface area contributed by atoms with Crippen LogP contribution in [0.5, 0.6) is 0 Å². The second-order valence-electron chi connectivity index (χ2n) is 6.32. The fourth-order valence-corrected chi connectivity index (χ4v) is 3.25. The molecule has 0 atom stereocenters. The number of fused-ring (bicyclic) bond motifs is 1. The molecule has 0 unspecified atom stereocenters. The van der Waals surface area contributed by atoms with E-state index >= 15 is 0 Å². The van der Waals surface area contributed by atoms with Gasteiger partial charge >= 0.3 is 0 Å². The number of carbonyl (C=O) groups excluding carboxylic acids is 1. The van der Waals surface area contributed by atoms with E-state index in [4.69, 9.17) is 0 Å². The molecular formula is C22H17ClN4O. The van der Waals surface area contributed by atoms with Gasteiger partial charge in [-0.15, -0.1) is 12.4 Å². The Balaban J connectivity index is 0.00000192. The largest absolute Gasteiger partial charge is 0.322 e. The molecule has 0 bridgehead atoms. The van der Waals surface area contributed by atoms with Crippen molar-refractivity contribution in [2.75, 3.05) is 0 Å². The molecule has 0 aliphatic rings. The molecule has 0 amide bonds. The van der Waals surface area contributed by atoms with E-state index in [9.17, 15) is 4.79 Å². The molecule has 0 N–H and O–H groups in total. The van der Waals surface area contributed by atoms with Gasteiger partial charge in [0.05, 0.1) is 16.7 Å². The third kappa shape index (κ3) is 3.02. The maximum Gasteiger partial charge on any atom is 0.261 e. The minimum absolute atomic E-state index is 0. The van der Waals surface area contributed by atoms with Crippen molar-refractivity contribution in [1.82, 2.24) is 18.7 Å². The Hall–Kier alpha value is -3.57. The molecule has 0 aliphatic carbocycles. The average Bonchev–Trinajstić information content (AvgIpc) is 3.47. The summed E-state index contributed by atoms with van der Waals surface area (Å²) in [5, 5.41) is 0. The summed E-state index contributed by atoms with van der Waals surface area (Å²) in [6.07, 6.45) is 9.33. The van der Waals surface area contributed by atoms with Crippen LogP contribution in [0.3, 0.4) is 0 Å². The standard InChI is InChI=1S/C22H16N4O.ClH/c27-22(25-14-11-19(15-25)24-12-3-4-13-24)17-7-9-18(10-8-17)26-16-23-20-5-1-2-6-21(20)26;/h1-16H;1H. The number of halogens is 1. The van der Waals surface area contributed by atoms with Crippen LogP contribution in [-0.2, 0) is 0 Å². The van der Waals surface area contributed by atoms with E-state index in [0.29, 0.717) is 5.56 Å². The maximum absolute atomic E-state index is 12.8. The SMILES string of the molecule is Cl.O=C(c1ccc(-n2cnc3ccccc32)cc1)n1ccc(-n2cccc2)c1. The number of rotatable bonds is 3. The smallest absolute Gasteiger partial charge is 0.261 e. The fourth-order valence-electron chi connectivity index (χ4n) is 3.25. The lowest BCUT2D eigenvalue weighted by Crippen LogP contribution is -2.09. The molecular weight excluding hydrogens is 372 g/mol. The van der Waals surface area contributed by atoms with Crippen molar-refractivity contribution in [1.29, 1.82) is 0 Å². The van der Waals surface area contributed by atoms with Gasteiger partial charge in [0, 0.05) is 36.0 Å². The van der Waals surface area contributed by atoms with Crippen LogP contribution >= 0.6 is 12.4 Å². The van der Waals surface area contributed by atoms with Crippen LogP contribution in [0.4, 0.5) is 0 Å². The molecule has 0 saturated heterocycles. The van der Waals surface area contributed by atoms with Gasteiger partial charge in [-0.25, -0.2) is 4.98 Å². The minimum Gasteiger partial charge on any atom is -0.322 e. The van der Waals surface area contributed by atoms with Gasteiger partial charge in [0.15, 0.2) is 0 Å². The average molecular weight is 389 g/mol. The highest BCUT2D eigenvalue weighted by Crippen LogP contribution is 2.19. The van der Waals surface area contributed by atoms with Gasteiger partial charge in [-0.2, -0.15) is 0 Å². The van der Waals surface area contributed by atoms with Gasteiger partial charge in [0.2, 0.25) is 0 Å². The molecule has 5 nitrogen and oxygen atoms in total. The molecule has 0 fully saturated rings. The lowest BCUT2D eigenvalue weighted by molar-refractivity contribution is 0.0960. The first-order valence-electron chi connectivity index (χ1n) is 8.68. The van der Waals surface area contributed by atoms with E-state index in [0.717, 1.165) is 22.4 Å². The van der Waals surface area contributed by atoms with Crippen molar-refractivity contribution in [3.63, 3.8) is 0 Å². The highest BCUT2D eigenvalue weighted by atomic mass is 35.5. The molecule has 3 heterocycles. The number of benzene rings is 2. The molecule has 5 rings (SSSR count). The summed E-state index contributed by atoms with van der Waals surface area (Å²) in [7, 11) is 0. The highest BCUT2D eigenvalue weighted by Gasteiger charge is 2.10. The van der Waals surface area contributed by atoms with Gasteiger partial charge in [-0.3, -0.25) is 13.9 Å². The number of aromatic nitrogens is 4. The predicted octanol–water partition coefficient (Wildman–Crippen LogP) is 4.73. The molecule has 0 aliphatic heterocycles. The summed E-state index contributed by atoms with van der Waals surface area (Å²) >= 11 is 0. The molecule has 28 heavy (non-hydrogen) atoms. The molecule has 138 valence electrons. The Morgan fingerprint density at radius 2 is 1.54 bits per heavy atom. The number of nitrogens with zero attached hydrogens (tertiary/aromatic N) is 4. The first-order valence-corrected chi connectivity index (χ1v) is 8.68. The summed E-state index contributed by atoms with van der Waals surface area (Å²) in [6.45, 7) is 0. The molecule has 6 heteroatoms. The van der Waals surface area contributed by atoms with Gasteiger partial charge in [0.25, 0.3) is 5.91 Å². The van der Waals surface area contributed by atoms with E-state index < -0.39 is 0 Å². The normalized spacial score (nSPS) is 10.7. The number of hydrogen-bond acceptors (Lipinski definition) is 2. The predicted molar refractivity (Wildman–Crippen MR) is 112 cm³/mol. The second kappa shape index (κ2) is 7.21. The molecule has 0 spiro atoms. The van der Waals surface area contributed by atoms with Crippen LogP contribution in [-0.4, -0.2) is 24.6 Å². The van der Waals surface area contributed by atoms with E-state index in [2.05, 4.69) is 4.98 Å². The van der Waals surface area contributed by atoms with Crippen molar-refractivity contribution in [2.45, 2.75) is 0 Å². The van der Waals surface area contributed by atoms with Crippen molar-refractivity contribution in [3.8, 4) is 11.4 Å². The molecule has 0 radical (unpaired) electrons. The zero-order chi connectivity index (χ0) is 18.2. The van der Waals surface area contributed by atoms with E-state index in [1.165, 1.54) is 0 Å². The van der Waals surface area contributed by atoms with Gasteiger partial charge in [0.1, 0.15) is 6.33 Å².